The van der Waals surface area contributed by atoms with Gasteiger partial charge in [-0.15, -0.1) is 5.10 Å². The Kier molecular flexibility index (Phi) is 3.82. The molecule has 0 aliphatic heterocycles. The summed E-state index contributed by atoms with van der Waals surface area (Å²) in [5, 5.41) is 8.20. The standard InChI is InChI=1S/C12H17N5/c1-10-4-3-7-14-12(10)9-17-8-11(15-16-17)5-2-6-13/h3-4,7-8H,2,5-6,9,13H2,1H3. The van der Waals surface area contributed by atoms with E-state index in [4.69, 9.17) is 5.73 Å². The molecule has 2 rings (SSSR count). The van der Waals surface area contributed by atoms with Gasteiger partial charge in [0, 0.05) is 12.4 Å². The Bertz CT molecular complexity index is 477. The van der Waals surface area contributed by atoms with Crippen molar-refractivity contribution in [2.45, 2.75) is 26.3 Å². The molecular formula is C12H17N5. The molecule has 17 heavy (non-hydrogen) atoms. The van der Waals surface area contributed by atoms with Crippen LogP contribution in [0.25, 0.3) is 0 Å². The fraction of sp³-hybridized carbons (Fsp3) is 0.417. The normalized spacial score (nSPS) is 10.7. The maximum atomic E-state index is 5.46. The van der Waals surface area contributed by atoms with Crippen LogP contribution in [0.2, 0.25) is 0 Å². The molecule has 0 amide bonds. The van der Waals surface area contributed by atoms with Crippen molar-refractivity contribution < 1.29 is 0 Å². The first-order valence-corrected chi connectivity index (χ1v) is 5.79. The summed E-state index contributed by atoms with van der Waals surface area (Å²) in [5.74, 6) is 0. The quantitative estimate of drug-likeness (QED) is 0.830. The average molecular weight is 231 g/mol. The molecule has 5 nitrogen and oxygen atoms in total. The molecule has 0 unspecified atom stereocenters. The van der Waals surface area contributed by atoms with E-state index in [-0.39, 0.29) is 0 Å². The Labute approximate surface area is 101 Å². The fourth-order valence-electron chi connectivity index (χ4n) is 1.65. The molecular weight excluding hydrogens is 214 g/mol. The summed E-state index contributed by atoms with van der Waals surface area (Å²) in [5.41, 5.74) is 8.65. The molecule has 0 spiro atoms. The Morgan fingerprint density at radius 3 is 3.06 bits per heavy atom. The molecule has 90 valence electrons. The number of pyridine rings is 1. The fourth-order valence-corrected chi connectivity index (χ4v) is 1.65. The molecule has 0 fully saturated rings. The molecule has 0 aliphatic carbocycles. The predicted molar refractivity (Wildman–Crippen MR) is 65.5 cm³/mol. The number of aromatic nitrogens is 4. The zero-order valence-corrected chi connectivity index (χ0v) is 10.0. The third-order valence-corrected chi connectivity index (χ3v) is 2.65. The van der Waals surface area contributed by atoms with Crippen LogP contribution in [0.15, 0.2) is 24.5 Å². The lowest BCUT2D eigenvalue weighted by Crippen LogP contribution is -2.04. The van der Waals surface area contributed by atoms with Crippen LogP contribution in [0.1, 0.15) is 23.4 Å². The number of hydrogen-bond acceptors (Lipinski definition) is 4. The van der Waals surface area contributed by atoms with Gasteiger partial charge < -0.3 is 5.73 Å². The smallest absolute Gasteiger partial charge is 0.0851 e. The van der Waals surface area contributed by atoms with Gasteiger partial charge in [0.1, 0.15) is 0 Å². The third kappa shape index (κ3) is 3.10. The SMILES string of the molecule is Cc1cccnc1Cn1cc(CCCN)nn1. The van der Waals surface area contributed by atoms with Gasteiger partial charge in [0.15, 0.2) is 0 Å². The van der Waals surface area contributed by atoms with Gasteiger partial charge in [0.05, 0.1) is 17.9 Å². The van der Waals surface area contributed by atoms with Crippen LogP contribution in [0.3, 0.4) is 0 Å². The third-order valence-electron chi connectivity index (χ3n) is 2.65. The zero-order chi connectivity index (χ0) is 12.1. The minimum Gasteiger partial charge on any atom is -0.330 e. The number of nitrogens with zero attached hydrogens (tertiary/aromatic N) is 4. The van der Waals surface area contributed by atoms with Crippen molar-refractivity contribution >= 4 is 0 Å². The van der Waals surface area contributed by atoms with E-state index in [0.717, 1.165) is 24.2 Å². The first-order valence-electron chi connectivity index (χ1n) is 5.79. The zero-order valence-electron chi connectivity index (χ0n) is 10.0. The van der Waals surface area contributed by atoms with E-state index in [1.165, 1.54) is 5.56 Å². The Balaban J connectivity index is 2.04. The summed E-state index contributed by atoms with van der Waals surface area (Å²) >= 11 is 0. The van der Waals surface area contributed by atoms with Crippen molar-refractivity contribution in [2.24, 2.45) is 5.73 Å². The molecule has 0 aliphatic rings. The van der Waals surface area contributed by atoms with Crippen LogP contribution >= 0.6 is 0 Å². The van der Waals surface area contributed by atoms with E-state index in [0.29, 0.717) is 13.1 Å². The van der Waals surface area contributed by atoms with Crippen LogP contribution in [-0.2, 0) is 13.0 Å². The molecule has 2 aromatic heterocycles. The molecule has 0 saturated heterocycles. The highest BCUT2D eigenvalue weighted by Crippen LogP contribution is 2.05. The molecule has 0 bridgehead atoms. The van der Waals surface area contributed by atoms with E-state index in [1.807, 2.05) is 16.9 Å². The number of nitrogens with two attached hydrogens (primary N) is 1. The second-order valence-corrected chi connectivity index (χ2v) is 4.07. The molecule has 0 aromatic carbocycles. The van der Waals surface area contributed by atoms with E-state index in [1.54, 1.807) is 6.20 Å². The number of hydrogen-bond donors (Lipinski definition) is 1. The monoisotopic (exact) mass is 231 g/mol. The summed E-state index contributed by atoms with van der Waals surface area (Å²) < 4.78 is 1.82. The van der Waals surface area contributed by atoms with Gasteiger partial charge in [-0.1, -0.05) is 11.3 Å². The molecule has 2 heterocycles. The Hall–Kier alpha value is -1.75. The van der Waals surface area contributed by atoms with Gasteiger partial charge in [0.2, 0.25) is 0 Å². The predicted octanol–water partition coefficient (Wildman–Crippen LogP) is 0.921. The maximum absolute atomic E-state index is 5.46. The Morgan fingerprint density at radius 2 is 2.29 bits per heavy atom. The van der Waals surface area contributed by atoms with Crippen LogP contribution in [0, 0.1) is 6.92 Å². The summed E-state index contributed by atoms with van der Waals surface area (Å²) in [6, 6.07) is 3.99. The molecule has 0 atom stereocenters. The topological polar surface area (TPSA) is 69.6 Å². The summed E-state index contributed by atoms with van der Waals surface area (Å²) in [4.78, 5) is 4.34. The average Bonchev–Trinajstić information content (AvgIpc) is 2.77. The molecule has 2 aromatic rings. The van der Waals surface area contributed by atoms with Gasteiger partial charge >= 0.3 is 0 Å². The minimum absolute atomic E-state index is 0.669. The second-order valence-electron chi connectivity index (χ2n) is 4.07. The van der Waals surface area contributed by atoms with Gasteiger partial charge in [-0.05, 0) is 37.9 Å². The van der Waals surface area contributed by atoms with Crippen LogP contribution in [0.4, 0.5) is 0 Å². The van der Waals surface area contributed by atoms with Crippen molar-refractivity contribution in [3.63, 3.8) is 0 Å². The van der Waals surface area contributed by atoms with E-state index in [9.17, 15) is 0 Å². The minimum atomic E-state index is 0.669. The van der Waals surface area contributed by atoms with Crippen molar-refractivity contribution in [1.29, 1.82) is 0 Å². The van der Waals surface area contributed by atoms with E-state index in [2.05, 4.69) is 28.3 Å². The summed E-state index contributed by atoms with van der Waals surface area (Å²) in [6.07, 6.45) is 5.59. The van der Waals surface area contributed by atoms with Crippen molar-refractivity contribution in [2.75, 3.05) is 6.54 Å². The molecule has 2 N–H and O–H groups in total. The lowest BCUT2D eigenvalue weighted by atomic mass is 10.2. The van der Waals surface area contributed by atoms with Crippen molar-refractivity contribution in [3.8, 4) is 0 Å². The van der Waals surface area contributed by atoms with Gasteiger partial charge in [-0.2, -0.15) is 0 Å². The highest BCUT2D eigenvalue weighted by atomic mass is 15.4. The Morgan fingerprint density at radius 1 is 1.41 bits per heavy atom. The second kappa shape index (κ2) is 5.54. The molecule has 0 saturated carbocycles. The van der Waals surface area contributed by atoms with Crippen LogP contribution in [-0.4, -0.2) is 26.5 Å². The van der Waals surface area contributed by atoms with Crippen LogP contribution < -0.4 is 5.73 Å². The van der Waals surface area contributed by atoms with Gasteiger partial charge in [-0.3, -0.25) is 4.98 Å². The number of rotatable bonds is 5. The van der Waals surface area contributed by atoms with Gasteiger partial charge in [0.25, 0.3) is 0 Å². The van der Waals surface area contributed by atoms with E-state index >= 15 is 0 Å². The lowest BCUT2D eigenvalue weighted by Gasteiger charge is -2.02. The molecule has 5 heteroatoms. The van der Waals surface area contributed by atoms with Crippen molar-refractivity contribution in [3.05, 3.63) is 41.5 Å². The van der Waals surface area contributed by atoms with Crippen LogP contribution in [0.5, 0.6) is 0 Å². The molecule has 0 radical (unpaired) electrons. The first-order chi connectivity index (χ1) is 8.29. The van der Waals surface area contributed by atoms with E-state index < -0.39 is 0 Å². The van der Waals surface area contributed by atoms with Crippen molar-refractivity contribution in [1.82, 2.24) is 20.0 Å². The highest BCUT2D eigenvalue weighted by molar-refractivity contribution is 5.17. The first kappa shape index (κ1) is 11.7. The maximum Gasteiger partial charge on any atom is 0.0851 e. The summed E-state index contributed by atoms with van der Waals surface area (Å²) in [6.45, 7) is 3.41. The lowest BCUT2D eigenvalue weighted by molar-refractivity contribution is 0.635. The summed E-state index contributed by atoms with van der Waals surface area (Å²) in [7, 11) is 0. The number of aryl methyl sites for hydroxylation is 2. The highest BCUT2D eigenvalue weighted by Gasteiger charge is 2.03. The largest absolute Gasteiger partial charge is 0.330 e. The van der Waals surface area contributed by atoms with Gasteiger partial charge in [-0.25, -0.2) is 4.68 Å².